The summed E-state index contributed by atoms with van der Waals surface area (Å²) in [5.74, 6) is 0. The van der Waals surface area contributed by atoms with Gasteiger partial charge in [-0.05, 0) is 24.3 Å². The third-order valence-electron chi connectivity index (χ3n) is 1.13. The van der Waals surface area contributed by atoms with E-state index in [1.807, 2.05) is 36.4 Å². The van der Waals surface area contributed by atoms with Gasteiger partial charge in [0, 0.05) is 24.8 Å². The summed E-state index contributed by atoms with van der Waals surface area (Å²) < 4.78 is 0. The van der Waals surface area contributed by atoms with Crippen LogP contribution in [0.25, 0.3) is 0 Å². The molecule has 2 aromatic rings. The molecule has 0 amide bonds. The Hall–Kier alpha value is -0.432. The number of halogens is 2. The molecule has 80 valence electrons. The van der Waals surface area contributed by atoms with E-state index in [0.29, 0.717) is 0 Å². The van der Waals surface area contributed by atoms with Crippen molar-refractivity contribution in [1.29, 1.82) is 0 Å². The van der Waals surface area contributed by atoms with Gasteiger partial charge >= 0.3 is 35.3 Å². The predicted octanol–water partition coefficient (Wildman–Crippen LogP) is 3.54. The van der Waals surface area contributed by atoms with Crippen LogP contribution in [0.15, 0.2) is 61.2 Å². The first-order chi connectivity index (χ1) is 7.41. The second-order valence-corrected chi connectivity index (χ2v) is 6.35. The molecule has 0 saturated heterocycles. The number of pyridine rings is 2. The summed E-state index contributed by atoms with van der Waals surface area (Å²) in [6.45, 7) is 0. The maximum absolute atomic E-state index is 4.93. The Morgan fingerprint density at radius 3 is 0.933 bits per heavy atom. The molecular weight excluding hydrogens is 403 g/mol. The van der Waals surface area contributed by atoms with E-state index in [1.54, 1.807) is 24.8 Å². The number of aromatic nitrogens is 2. The Labute approximate surface area is 106 Å². The van der Waals surface area contributed by atoms with Crippen molar-refractivity contribution in [2.24, 2.45) is 0 Å². The van der Waals surface area contributed by atoms with Crippen LogP contribution in [0.1, 0.15) is 0 Å². The zero-order valence-electron chi connectivity index (χ0n) is 7.83. The molecule has 0 N–H and O–H groups in total. The van der Waals surface area contributed by atoms with Crippen molar-refractivity contribution in [3.8, 4) is 0 Å². The minimum Gasteiger partial charge on any atom is -0.265 e. The van der Waals surface area contributed by atoms with Crippen LogP contribution in [0.5, 0.6) is 0 Å². The molecule has 5 heteroatoms. The van der Waals surface area contributed by atoms with Gasteiger partial charge in [-0.3, -0.25) is 9.97 Å². The molecule has 0 atom stereocenters. The van der Waals surface area contributed by atoms with Gasteiger partial charge in [-0.1, -0.05) is 12.1 Å². The molecule has 0 aliphatic heterocycles. The topological polar surface area (TPSA) is 25.8 Å². The van der Waals surface area contributed by atoms with Gasteiger partial charge in [0.15, 0.2) is 0 Å². The average Bonchev–Trinajstić information content (AvgIpc) is 2.35. The monoisotopic (exact) mass is 412 g/mol. The van der Waals surface area contributed by atoms with Gasteiger partial charge in [0.1, 0.15) is 0 Å². The maximum Gasteiger partial charge on any atom is 0.0267 e. The van der Waals surface area contributed by atoms with E-state index in [2.05, 4.69) is 9.97 Å². The summed E-state index contributed by atoms with van der Waals surface area (Å²) in [7, 11) is 9.86. The molecule has 0 bridgehead atoms. The first kappa shape index (κ1) is 14.6. The summed E-state index contributed by atoms with van der Waals surface area (Å²) in [6, 6.07) is 11.4. The summed E-state index contributed by atoms with van der Waals surface area (Å²) >= 11 is -0.806. The van der Waals surface area contributed by atoms with Crippen molar-refractivity contribution in [2.45, 2.75) is 0 Å². The van der Waals surface area contributed by atoms with Crippen LogP contribution in [0.4, 0.5) is 0 Å². The third-order valence-corrected chi connectivity index (χ3v) is 1.13. The van der Waals surface area contributed by atoms with Crippen molar-refractivity contribution in [3.05, 3.63) is 61.2 Å². The number of hydrogen-bond acceptors (Lipinski definition) is 2. The van der Waals surface area contributed by atoms with Gasteiger partial charge in [0.25, 0.3) is 0 Å². The third kappa shape index (κ3) is 13.6. The largest absolute Gasteiger partial charge is 0.265 e. The molecule has 0 unspecified atom stereocenters. The molecule has 0 radical (unpaired) electrons. The first-order valence-electron chi connectivity index (χ1n) is 4.01. The molecule has 0 fully saturated rings. The van der Waals surface area contributed by atoms with Gasteiger partial charge in [-0.25, -0.2) is 0 Å². The Bertz CT molecular complexity index is 210. The van der Waals surface area contributed by atoms with E-state index >= 15 is 0 Å². The zero-order chi connectivity index (χ0) is 11.2. The predicted molar refractivity (Wildman–Crippen MR) is 60.2 cm³/mol. The van der Waals surface area contributed by atoms with Crippen molar-refractivity contribution in [3.63, 3.8) is 0 Å². The van der Waals surface area contributed by atoms with Gasteiger partial charge in [-0.15, -0.1) is 0 Å². The van der Waals surface area contributed by atoms with Crippen LogP contribution in [0.3, 0.4) is 0 Å². The Kier molecular flexibility index (Phi) is 13.2. The summed E-state index contributed by atoms with van der Waals surface area (Å²) in [5, 5.41) is 0. The first-order valence-corrected chi connectivity index (χ1v) is 11.3. The Balaban J connectivity index is 0.000000210. The van der Waals surface area contributed by atoms with Crippen LogP contribution in [0, 0.1) is 0 Å². The van der Waals surface area contributed by atoms with Gasteiger partial charge in [0.2, 0.25) is 0 Å². The van der Waals surface area contributed by atoms with E-state index in [1.165, 1.54) is 0 Å². The molecule has 0 aliphatic rings. The summed E-state index contributed by atoms with van der Waals surface area (Å²) in [6.07, 6.45) is 7.00. The molecular formula is C10H10Cl2N2W. The Morgan fingerprint density at radius 1 is 0.600 bits per heavy atom. The van der Waals surface area contributed by atoms with Crippen LogP contribution < -0.4 is 0 Å². The minimum absolute atomic E-state index is 0.806. The number of nitrogens with zero attached hydrogens (tertiary/aromatic N) is 2. The van der Waals surface area contributed by atoms with Crippen LogP contribution in [0.2, 0.25) is 0 Å². The smallest absolute Gasteiger partial charge is 0.0267 e. The molecule has 15 heavy (non-hydrogen) atoms. The van der Waals surface area contributed by atoms with Crippen LogP contribution >= 0.6 is 18.8 Å². The molecule has 0 aliphatic carbocycles. The van der Waals surface area contributed by atoms with E-state index in [0.717, 1.165) is 0 Å². The second-order valence-electron chi connectivity index (χ2n) is 2.11. The Morgan fingerprint density at radius 2 is 0.867 bits per heavy atom. The minimum atomic E-state index is -0.806. The SMILES string of the molecule is [Cl][W][Cl].c1ccncc1.c1ccncc1. The fourth-order valence-electron chi connectivity index (χ4n) is 0.625. The van der Waals surface area contributed by atoms with Crippen molar-refractivity contribution in [1.82, 2.24) is 9.97 Å². The fraction of sp³-hybridized carbons (Fsp3) is 0. The number of rotatable bonds is 0. The molecule has 2 heterocycles. The van der Waals surface area contributed by atoms with E-state index < -0.39 is 16.5 Å². The second kappa shape index (κ2) is 13.6. The van der Waals surface area contributed by atoms with Crippen molar-refractivity contribution in [2.75, 3.05) is 0 Å². The van der Waals surface area contributed by atoms with E-state index in [-0.39, 0.29) is 0 Å². The zero-order valence-corrected chi connectivity index (χ0v) is 12.3. The molecule has 0 spiro atoms. The van der Waals surface area contributed by atoms with Crippen molar-refractivity contribution >= 4 is 18.8 Å². The molecule has 2 rings (SSSR count). The van der Waals surface area contributed by atoms with E-state index in [9.17, 15) is 0 Å². The summed E-state index contributed by atoms with van der Waals surface area (Å²) in [5.41, 5.74) is 0. The van der Waals surface area contributed by atoms with Gasteiger partial charge in [-0.2, -0.15) is 0 Å². The average molecular weight is 413 g/mol. The standard InChI is InChI=1S/2C5H5N.2ClH.W/c2*1-2-4-6-5-3-1;;;/h2*1-5H;2*1H;/q;;;;+2/p-2. The van der Waals surface area contributed by atoms with Crippen LogP contribution in [-0.2, 0) is 16.5 Å². The molecule has 2 nitrogen and oxygen atoms in total. The van der Waals surface area contributed by atoms with Crippen molar-refractivity contribution < 1.29 is 16.5 Å². The molecule has 0 aromatic carbocycles. The van der Waals surface area contributed by atoms with Crippen LogP contribution in [-0.4, -0.2) is 9.97 Å². The number of hydrogen-bond donors (Lipinski definition) is 0. The molecule has 2 aromatic heterocycles. The quantitative estimate of drug-likeness (QED) is 0.661. The normalized spacial score (nSPS) is 7.60. The van der Waals surface area contributed by atoms with E-state index in [4.69, 9.17) is 18.8 Å². The molecule has 0 saturated carbocycles. The maximum atomic E-state index is 4.93. The van der Waals surface area contributed by atoms with Gasteiger partial charge < -0.3 is 0 Å². The van der Waals surface area contributed by atoms with Gasteiger partial charge in [0.05, 0.1) is 0 Å². The fourth-order valence-corrected chi connectivity index (χ4v) is 0.625. The summed E-state index contributed by atoms with van der Waals surface area (Å²) in [4.78, 5) is 7.57.